The molecule has 0 saturated heterocycles. The van der Waals surface area contributed by atoms with Crippen LogP contribution < -0.4 is 10.5 Å². The minimum Gasteiger partial charge on any atom is -0.491 e. The SMILES string of the molecule is CCCOCCOc1ccc(Br)cc1[C@H](C)N. The number of hydrogen-bond acceptors (Lipinski definition) is 3. The summed E-state index contributed by atoms with van der Waals surface area (Å²) in [6, 6.07) is 5.84. The third kappa shape index (κ3) is 5.06. The van der Waals surface area contributed by atoms with Gasteiger partial charge in [0.15, 0.2) is 0 Å². The predicted octanol–water partition coefficient (Wildman–Crippen LogP) is 3.27. The average Bonchev–Trinajstić information content (AvgIpc) is 2.30. The minimum atomic E-state index is -0.0425. The van der Waals surface area contributed by atoms with Crippen molar-refractivity contribution >= 4 is 15.9 Å². The van der Waals surface area contributed by atoms with Crippen LogP contribution in [0.25, 0.3) is 0 Å². The van der Waals surface area contributed by atoms with Crippen LogP contribution in [0.5, 0.6) is 5.75 Å². The molecule has 0 aliphatic carbocycles. The van der Waals surface area contributed by atoms with Gasteiger partial charge in [0, 0.05) is 22.7 Å². The van der Waals surface area contributed by atoms with Gasteiger partial charge in [0.2, 0.25) is 0 Å². The second kappa shape index (κ2) is 7.69. The molecule has 1 aromatic rings. The summed E-state index contributed by atoms with van der Waals surface area (Å²) in [5, 5.41) is 0. The summed E-state index contributed by atoms with van der Waals surface area (Å²) in [6.07, 6.45) is 1.03. The fourth-order valence-electron chi connectivity index (χ4n) is 1.46. The highest BCUT2D eigenvalue weighted by molar-refractivity contribution is 9.10. The van der Waals surface area contributed by atoms with Gasteiger partial charge in [-0.2, -0.15) is 0 Å². The van der Waals surface area contributed by atoms with Crippen LogP contribution in [0.15, 0.2) is 22.7 Å². The van der Waals surface area contributed by atoms with Gasteiger partial charge in [-0.1, -0.05) is 22.9 Å². The molecule has 0 radical (unpaired) electrons. The van der Waals surface area contributed by atoms with E-state index in [1.165, 1.54) is 0 Å². The smallest absolute Gasteiger partial charge is 0.124 e. The Kier molecular flexibility index (Phi) is 6.55. The highest BCUT2D eigenvalue weighted by Gasteiger charge is 2.08. The molecule has 1 aromatic carbocycles. The summed E-state index contributed by atoms with van der Waals surface area (Å²) < 4.78 is 12.1. The fourth-order valence-corrected chi connectivity index (χ4v) is 1.84. The Morgan fingerprint density at radius 3 is 2.71 bits per heavy atom. The number of rotatable bonds is 7. The third-order valence-electron chi connectivity index (χ3n) is 2.30. The topological polar surface area (TPSA) is 44.5 Å². The van der Waals surface area contributed by atoms with Gasteiger partial charge < -0.3 is 15.2 Å². The lowest BCUT2D eigenvalue weighted by atomic mass is 10.1. The molecule has 17 heavy (non-hydrogen) atoms. The van der Waals surface area contributed by atoms with Gasteiger partial charge in [0.25, 0.3) is 0 Å². The fraction of sp³-hybridized carbons (Fsp3) is 0.538. The molecule has 2 N–H and O–H groups in total. The zero-order valence-electron chi connectivity index (χ0n) is 10.4. The Balaban J connectivity index is 2.52. The molecule has 0 aromatic heterocycles. The van der Waals surface area contributed by atoms with E-state index in [4.69, 9.17) is 15.2 Å². The highest BCUT2D eigenvalue weighted by atomic mass is 79.9. The summed E-state index contributed by atoms with van der Waals surface area (Å²) in [5.74, 6) is 0.836. The van der Waals surface area contributed by atoms with Crippen molar-refractivity contribution in [3.63, 3.8) is 0 Å². The van der Waals surface area contributed by atoms with Crippen molar-refractivity contribution in [3.05, 3.63) is 28.2 Å². The Bertz CT molecular complexity index is 342. The maximum absolute atomic E-state index is 5.90. The Morgan fingerprint density at radius 1 is 1.29 bits per heavy atom. The lowest BCUT2D eigenvalue weighted by Gasteiger charge is -2.14. The van der Waals surface area contributed by atoms with E-state index < -0.39 is 0 Å². The van der Waals surface area contributed by atoms with Crippen molar-refractivity contribution in [3.8, 4) is 5.75 Å². The first-order chi connectivity index (χ1) is 8.15. The maximum atomic E-state index is 5.90. The average molecular weight is 302 g/mol. The van der Waals surface area contributed by atoms with Crippen LogP contribution in [0.2, 0.25) is 0 Å². The Hall–Kier alpha value is -0.580. The second-order valence-corrected chi connectivity index (χ2v) is 4.85. The van der Waals surface area contributed by atoms with E-state index in [-0.39, 0.29) is 6.04 Å². The maximum Gasteiger partial charge on any atom is 0.124 e. The van der Waals surface area contributed by atoms with Crippen LogP contribution in [0.4, 0.5) is 0 Å². The largest absolute Gasteiger partial charge is 0.491 e. The monoisotopic (exact) mass is 301 g/mol. The number of halogens is 1. The number of nitrogens with two attached hydrogens (primary N) is 1. The van der Waals surface area contributed by atoms with E-state index in [0.717, 1.165) is 28.8 Å². The lowest BCUT2D eigenvalue weighted by Crippen LogP contribution is -2.11. The van der Waals surface area contributed by atoms with Gasteiger partial charge in [0.1, 0.15) is 12.4 Å². The van der Waals surface area contributed by atoms with Crippen LogP contribution in [0.1, 0.15) is 31.9 Å². The number of ether oxygens (including phenoxy) is 2. The van der Waals surface area contributed by atoms with Gasteiger partial charge in [-0.15, -0.1) is 0 Å². The quantitative estimate of drug-likeness (QED) is 0.786. The highest BCUT2D eigenvalue weighted by Crippen LogP contribution is 2.27. The van der Waals surface area contributed by atoms with Crippen molar-refractivity contribution in [1.29, 1.82) is 0 Å². The molecule has 0 aliphatic heterocycles. The van der Waals surface area contributed by atoms with Crippen LogP contribution in [-0.2, 0) is 4.74 Å². The zero-order valence-corrected chi connectivity index (χ0v) is 12.0. The third-order valence-corrected chi connectivity index (χ3v) is 2.79. The molecule has 1 rings (SSSR count). The molecule has 0 unspecified atom stereocenters. The van der Waals surface area contributed by atoms with Crippen molar-refractivity contribution in [2.75, 3.05) is 19.8 Å². The molecule has 96 valence electrons. The van der Waals surface area contributed by atoms with E-state index in [1.807, 2.05) is 25.1 Å². The van der Waals surface area contributed by atoms with Crippen molar-refractivity contribution in [1.82, 2.24) is 0 Å². The normalized spacial score (nSPS) is 12.5. The second-order valence-electron chi connectivity index (χ2n) is 3.93. The molecule has 0 fully saturated rings. The minimum absolute atomic E-state index is 0.0425. The van der Waals surface area contributed by atoms with E-state index in [1.54, 1.807) is 0 Å². The number of benzene rings is 1. The molecule has 3 nitrogen and oxygen atoms in total. The van der Waals surface area contributed by atoms with Crippen molar-refractivity contribution in [2.24, 2.45) is 5.73 Å². The molecule has 0 bridgehead atoms. The van der Waals surface area contributed by atoms with Crippen LogP contribution >= 0.6 is 15.9 Å². The molecule has 4 heteroatoms. The van der Waals surface area contributed by atoms with Crippen molar-refractivity contribution in [2.45, 2.75) is 26.3 Å². The van der Waals surface area contributed by atoms with Gasteiger partial charge >= 0.3 is 0 Å². The molecular weight excluding hydrogens is 282 g/mol. The molecule has 0 spiro atoms. The first-order valence-corrected chi connectivity index (χ1v) is 6.70. The summed E-state index contributed by atoms with van der Waals surface area (Å²) in [5.41, 5.74) is 6.91. The molecule has 0 saturated carbocycles. The van der Waals surface area contributed by atoms with Crippen LogP contribution in [0.3, 0.4) is 0 Å². The lowest BCUT2D eigenvalue weighted by molar-refractivity contribution is 0.100. The molecule has 1 atom stereocenters. The molecule has 0 aliphatic rings. The first kappa shape index (κ1) is 14.5. The van der Waals surface area contributed by atoms with E-state index in [2.05, 4.69) is 22.9 Å². The van der Waals surface area contributed by atoms with Gasteiger partial charge in [-0.25, -0.2) is 0 Å². The van der Waals surface area contributed by atoms with E-state index in [9.17, 15) is 0 Å². The standard InChI is InChI=1S/C13H20BrNO2/c1-3-6-16-7-8-17-13-5-4-11(14)9-12(13)10(2)15/h4-5,9-10H,3,6-8,15H2,1-2H3/t10-/m0/s1. The van der Waals surface area contributed by atoms with Gasteiger partial charge in [-0.05, 0) is 31.5 Å². The van der Waals surface area contributed by atoms with Crippen molar-refractivity contribution < 1.29 is 9.47 Å². The summed E-state index contributed by atoms with van der Waals surface area (Å²) >= 11 is 3.43. The molecule has 0 heterocycles. The van der Waals surface area contributed by atoms with Crippen LogP contribution in [0, 0.1) is 0 Å². The molecular formula is C13H20BrNO2. The zero-order chi connectivity index (χ0) is 12.7. The Labute approximate surface area is 111 Å². The first-order valence-electron chi connectivity index (χ1n) is 5.90. The summed E-state index contributed by atoms with van der Waals surface area (Å²) in [6.45, 7) is 5.99. The van der Waals surface area contributed by atoms with Gasteiger partial charge in [-0.3, -0.25) is 0 Å². The number of hydrogen-bond donors (Lipinski definition) is 1. The van der Waals surface area contributed by atoms with E-state index in [0.29, 0.717) is 13.2 Å². The van der Waals surface area contributed by atoms with Crippen LogP contribution in [-0.4, -0.2) is 19.8 Å². The van der Waals surface area contributed by atoms with E-state index >= 15 is 0 Å². The predicted molar refractivity (Wildman–Crippen MR) is 73.3 cm³/mol. The summed E-state index contributed by atoms with van der Waals surface area (Å²) in [4.78, 5) is 0. The summed E-state index contributed by atoms with van der Waals surface area (Å²) in [7, 11) is 0. The van der Waals surface area contributed by atoms with Gasteiger partial charge in [0.05, 0.1) is 6.61 Å². The molecule has 0 amide bonds. The Morgan fingerprint density at radius 2 is 2.06 bits per heavy atom.